The Kier molecular flexibility index (Phi) is 8.78. The van der Waals surface area contributed by atoms with E-state index in [0.717, 1.165) is 18.5 Å². The molecular weight excluding hydrogens is 408 g/mol. The highest BCUT2D eigenvalue weighted by Gasteiger charge is 2.24. The summed E-state index contributed by atoms with van der Waals surface area (Å²) in [5.41, 5.74) is 1.10. The molecule has 1 N–H and O–H groups in total. The molecule has 168 valence electrons. The van der Waals surface area contributed by atoms with Crippen LogP contribution in [0.2, 0.25) is 0 Å². The number of benzene rings is 1. The Labute approximate surface area is 179 Å². The zero-order valence-corrected chi connectivity index (χ0v) is 19.0. The van der Waals surface area contributed by atoms with Crippen molar-refractivity contribution in [2.45, 2.75) is 18.2 Å². The van der Waals surface area contributed by atoms with Crippen LogP contribution in [0.15, 0.2) is 23.1 Å². The lowest BCUT2D eigenvalue weighted by atomic mass is 10.1. The molecule has 0 bridgehead atoms. The first-order valence-electron chi connectivity index (χ1n) is 9.96. The standard InChI is InChI=1S/C20H32N4O5S/c1-16-6-7-17(30(27,28)21-8-13-29-4)14-18(16)20(26)24-10-5-9-23(11-12-24)15-19(25)22(2)3/h6-7,14,21H,5,8-13,15H2,1-4H3. The van der Waals surface area contributed by atoms with Gasteiger partial charge in [-0.05, 0) is 31.0 Å². The van der Waals surface area contributed by atoms with Crippen LogP contribution in [-0.4, -0.2) is 102 Å². The minimum atomic E-state index is -3.72. The van der Waals surface area contributed by atoms with Crippen LogP contribution in [0, 0.1) is 6.92 Å². The first-order valence-corrected chi connectivity index (χ1v) is 11.4. The number of sulfonamides is 1. The van der Waals surface area contributed by atoms with Crippen molar-refractivity contribution in [1.29, 1.82) is 0 Å². The average molecular weight is 441 g/mol. The number of aryl methyl sites for hydroxylation is 1. The lowest BCUT2D eigenvalue weighted by Crippen LogP contribution is -2.39. The molecule has 1 fully saturated rings. The number of nitrogens with one attached hydrogen (secondary N) is 1. The Morgan fingerprint density at radius 2 is 1.90 bits per heavy atom. The zero-order valence-electron chi connectivity index (χ0n) is 18.2. The summed E-state index contributed by atoms with van der Waals surface area (Å²) in [7, 11) is 1.22. The Hall–Kier alpha value is -2.01. The van der Waals surface area contributed by atoms with E-state index in [9.17, 15) is 18.0 Å². The maximum absolute atomic E-state index is 13.1. The van der Waals surface area contributed by atoms with Crippen molar-refractivity contribution in [2.24, 2.45) is 0 Å². The highest BCUT2D eigenvalue weighted by Crippen LogP contribution is 2.18. The topological polar surface area (TPSA) is 99.3 Å². The number of methoxy groups -OCH3 is 1. The number of carbonyl (C=O) groups is 2. The molecule has 0 atom stereocenters. The number of amides is 2. The minimum absolute atomic E-state index is 0.0319. The van der Waals surface area contributed by atoms with Crippen molar-refractivity contribution < 1.29 is 22.7 Å². The van der Waals surface area contributed by atoms with Crippen LogP contribution in [0.3, 0.4) is 0 Å². The van der Waals surface area contributed by atoms with Crippen LogP contribution in [0.5, 0.6) is 0 Å². The maximum Gasteiger partial charge on any atom is 0.254 e. The second-order valence-corrected chi connectivity index (χ2v) is 9.34. The van der Waals surface area contributed by atoms with Crippen LogP contribution in [0.1, 0.15) is 22.3 Å². The summed E-state index contributed by atoms with van der Waals surface area (Å²) in [6.07, 6.45) is 0.752. The third kappa shape index (κ3) is 6.49. The van der Waals surface area contributed by atoms with Crippen LogP contribution < -0.4 is 4.72 Å². The molecule has 9 nitrogen and oxygen atoms in total. The molecule has 1 aliphatic heterocycles. The normalized spacial score (nSPS) is 15.7. The van der Waals surface area contributed by atoms with Gasteiger partial charge in [0.1, 0.15) is 0 Å². The van der Waals surface area contributed by atoms with Gasteiger partial charge in [0, 0.05) is 59.5 Å². The van der Waals surface area contributed by atoms with Gasteiger partial charge in [0.2, 0.25) is 15.9 Å². The minimum Gasteiger partial charge on any atom is -0.383 e. The van der Waals surface area contributed by atoms with Crippen molar-refractivity contribution in [2.75, 3.05) is 67.1 Å². The second kappa shape index (κ2) is 10.9. The molecule has 30 heavy (non-hydrogen) atoms. The fourth-order valence-corrected chi connectivity index (χ4v) is 4.23. The molecule has 0 aromatic heterocycles. The molecule has 1 aliphatic rings. The largest absolute Gasteiger partial charge is 0.383 e. The number of hydrogen-bond donors (Lipinski definition) is 1. The maximum atomic E-state index is 13.1. The molecule has 0 aliphatic carbocycles. The van der Waals surface area contributed by atoms with Crippen molar-refractivity contribution in [3.8, 4) is 0 Å². The van der Waals surface area contributed by atoms with E-state index in [0.29, 0.717) is 31.7 Å². The SMILES string of the molecule is COCCNS(=O)(=O)c1ccc(C)c(C(=O)N2CCCN(CC(=O)N(C)C)CC2)c1. The number of ether oxygens (including phenoxy) is 1. The van der Waals surface area contributed by atoms with E-state index in [4.69, 9.17) is 4.74 Å². The van der Waals surface area contributed by atoms with E-state index in [1.54, 1.807) is 36.9 Å². The molecule has 1 saturated heterocycles. The van der Waals surface area contributed by atoms with Crippen molar-refractivity contribution in [3.05, 3.63) is 29.3 Å². The Morgan fingerprint density at radius 1 is 1.17 bits per heavy atom. The number of likely N-dealkylation sites (N-methyl/N-ethyl adjacent to an activating group) is 1. The van der Waals surface area contributed by atoms with E-state index in [1.807, 2.05) is 4.90 Å². The summed E-state index contributed by atoms with van der Waals surface area (Å²) in [6, 6.07) is 4.58. The number of carbonyl (C=O) groups excluding carboxylic acids is 2. The summed E-state index contributed by atoms with van der Waals surface area (Å²) >= 11 is 0. The van der Waals surface area contributed by atoms with Gasteiger partial charge in [-0.2, -0.15) is 0 Å². The molecule has 0 unspecified atom stereocenters. The van der Waals surface area contributed by atoms with Gasteiger partial charge in [-0.3, -0.25) is 14.5 Å². The summed E-state index contributed by atoms with van der Waals surface area (Å²) in [6.45, 7) is 4.93. The number of hydrogen-bond acceptors (Lipinski definition) is 6. The average Bonchev–Trinajstić information content (AvgIpc) is 2.93. The van der Waals surface area contributed by atoms with Gasteiger partial charge in [0.15, 0.2) is 0 Å². The first kappa shape index (κ1) is 24.3. The predicted molar refractivity (Wildman–Crippen MR) is 114 cm³/mol. The molecular formula is C20H32N4O5S. The summed E-state index contributed by atoms with van der Waals surface area (Å²) in [5.74, 6) is -0.160. The molecule has 2 rings (SSSR count). The lowest BCUT2D eigenvalue weighted by molar-refractivity contribution is -0.129. The highest BCUT2D eigenvalue weighted by atomic mass is 32.2. The fraction of sp³-hybridized carbons (Fsp3) is 0.600. The molecule has 1 aromatic rings. The van der Waals surface area contributed by atoms with Crippen LogP contribution >= 0.6 is 0 Å². The lowest BCUT2D eigenvalue weighted by Gasteiger charge is -2.23. The van der Waals surface area contributed by atoms with Crippen LogP contribution in [-0.2, 0) is 19.6 Å². The van der Waals surface area contributed by atoms with Gasteiger partial charge in [0.25, 0.3) is 5.91 Å². The molecule has 1 heterocycles. The number of nitrogens with zero attached hydrogens (tertiary/aromatic N) is 3. The third-order valence-corrected chi connectivity index (χ3v) is 6.54. The molecule has 0 saturated carbocycles. The van der Waals surface area contributed by atoms with E-state index in [-0.39, 0.29) is 29.9 Å². The Balaban J connectivity index is 2.12. The van der Waals surface area contributed by atoms with E-state index in [1.165, 1.54) is 19.2 Å². The molecule has 1 aromatic carbocycles. The number of rotatable bonds is 8. The smallest absolute Gasteiger partial charge is 0.254 e. The van der Waals surface area contributed by atoms with Gasteiger partial charge < -0.3 is 14.5 Å². The third-order valence-electron chi connectivity index (χ3n) is 5.08. The van der Waals surface area contributed by atoms with Crippen molar-refractivity contribution in [1.82, 2.24) is 19.4 Å². The van der Waals surface area contributed by atoms with Crippen LogP contribution in [0.4, 0.5) is 0 Å². The summed E-state index contributed by atoms with van der Waals surface area (Å²) in [4.78, 5) is 30.5. The molecule has 0 radical (unpaired) electrons. The van der Waals surface area contributed by atoms with Crippen LogP contribution in [0.25, 0.3) is 0 Å². The first-order chi connectivity index (χ1) is 14.2. The molecule has 2 amide bonds. The highest BCUT2D eigenvalue weighted by molar-refractivity contribution is 7.89. The summed E-state index contributed by atoms with van der Waals surface area (Å²) < 4.78 is 32.3. The predicted octanol–water partition coefficient (Wildman–Crippen LogP) is 0.156. The van der Waals surface area contributed by atoms with Gasteiger partial charge in [-0.15, -0.1) is 0 Å². The second-order valence-electron chi connectivity index (χ2n) is 7.58. The van der Waals surface area contributed by atoms with E-state index in [2.05, 4.69) is 4.72 Å². The fourth-order valence-electron chi connectivity index (χ4n) is 3.20. The molecule has 10 heteroatoms. The molecule has 0 spiro atoms. The van der Waals surface area contributed by atoms with E-state index < -0.39 is 10.0 Å². The Bertz CT molecular complexity index is 857. The monoisotopic (exact) mass is 440 g/mol. The van der Waals surface area contributed by atoms with Gasteiger partial charge in [-0.1, -0.05) is 6.07 Å². The van der Waals surface area contributed by atoms with Crippen molar-refractivity contribution in [3.63, 3.8) is 0 Å². The van der Waals surface area contributed by atoms with Gasteiger partial charge in [0.05, 0.1) is 18.0 Å². The van der Waals surface area contributed by atoms with E-state index >= 15 is 0 Å². The van der Waals surface area contributed by atoms with Gasteiger partial charge >= 0.3 is 0 Å². The quantitative estimate of drug-likeness (QED) is 0.578. The zero-order chi connectivity index (χ0) is 22.3. The van der Waals surface area contributed by atoms with Crippen molar-refractivity contribution >= 4 is 21.8 Å². The Morgan fingerprint density at radius 3 is 2.57 bits per heavy atom. The summed E-state index contributed by atoms with van der Waals surface area (Å²) in [5, 5.41) is 0. The van der Waals surface area contributed by atoms with Gasteiger partial charge in [-0.25, -0.2) is 13.1 Å².